The highest BCUT2D eigenvalue weighted by Crippen LogP contribution is 2.10. The van der Waals surface area contributed by atoms with Crippen molar-refractivity contribution in [2.24, 2.45) is 0 Å². The molecular formula is C14H22N8O. The van der Waals surface area contributed by atoms with Crippen LogP contribution in [0.15, 0.2) is 18.3 Å². The summed E-state index contributed by atoms with van der Waals surface area (Å²) in [5, 5.41) is 23.1. The van der Waals surface area contributed by atoms with Crippen molar-refractivity contribution < 1.29 is 4.74 Å². The largest absolute Gasteiger partial charge is 0.374 e. The predicted molar refractivity (Wildman–Crippen MR) is 83.6 cm³/mol. The van der Waals surface area contributed by atoms with E-state index < -0.39 is 0 Å². The van der Waals surface area contributed by atoms with Crippen molar-refractivity contribution in [3.63, 3.8) is 0 Å². The van der Waals surface area contributed by atoms with E-state index in [-0.39, 0.29) is 6.10 Å². The van der Waals surface area contributed by atoms with Crippen molar-refractivity contribution in [2.75, 3.05) is 31.6 Å². The summed E-state index contributed by atoms with van der Waals surface area (Å²) in [6, 6.07) is 3.75. The van der Waals surface area contributed by atoms with Crippen molar-refractivity contribution in [1.82, 2.24) is 35.3 Å². The lowest BCUT2D eigenvalue weighted by molar-refractivity contribution is -0.0252. The smallest absolute Gasteiger partial charge is 0.165 e. The van der Waals surface area contributed by atoms with Crippen LogP contribution >= 0.6 is 0 Å². The van der Waals surface area contributed by atoms with Crippen molar-refractivity contribution in [1.29, 1.82) is 0 Å². The second-order valence-electron chi connectivity index (χ2n) is 5.54. The maximum absolute atomic E-state index is 5.82. The lowest BCUT2D eigenvalue weighted by Crippen LogP contribution is -2.45. The molecule has 3 rings (SSSR count). The van der Waals surface area contributed by atoms with Crippen LogP contribution in [0.4, 0.5) is 5.82 Å². The van der Waals surface area contributed by atoms with Gasteiger partial charge >= 0.3 is 0 Å². The van der Waals surface area contributed by atoms with Gasteiger partial charge in [-0.1, -0.05) is 6.92 Å². The van der Waals surface area contributed by atoms with E-state index in [2.05, 4.69) is 42.9 Å². The number of hydrogen-bond acceptors (Lipinski definition) is 8. The lowest BCUT2D eigenvalue weighted by Gasteiger charge is -2.32. The van der Waals surface area contributed by atoms with Gasteiger partial charge in [0.05, 0.1) is 19.3 Å². The molecule has 1 atom stereocenters. The van der Waals surface area contributed by atoms with E-state index >= 15 is 0 Å². The van der Waals surface area contributed by atoms with Crippen molar-refractivity contribution >= 4 is 5.82 Å². The summed E-state index contributed by atoms with van der Waals surface area (Å²) in [6.07, 6.45) is 2.79. The monoisotopic (exact) mass is 318 g/mol. The molecule has 1 aliphatic rings. The quantitative estimate of drug-likeness (QED) is 0.773. The van der Waals surface area contributed by atoms with E-state index in [1.807, 2.05) is 16.8 Å². The van der Waals surface area contributed by atoms with E-state index in [4.69, 9.17) is 4.74 Å². The van der Waals surface area contributed by atoms with Gasteiger partial charge in [-0.3, -0.25) is 4.90 Å². The molecule has 2 aromatic heterocycles. The molecule has 3 heterocycles. The normalized spacial score (nSPS) is 18.9. The summed E-state index contributed by atoms with van der Waals surface area (Å²) in [4.78, 5) is 2.32. The van der Waals surface area contributed by atoms with Gasteiger partial charge < -0.3 is 10.1 Å². The highest BCUT2D eigenvalue weighted by molar-refractivity contribution is 5.31. The first-order valence-electron chi connectivity index (χ1n) is 7.95. The number of morpholine rings is 1. The Kier molecular flexibility index (Phi) is 5.43. The third-order valence-corrected chi connectivity index (χ3v) is 3.71. The van der Waals surface area contributed by atoms with Gasteiger partial charge in [0.1, 0.15) is 5.82 Å². The number of tetrazole rings is 1. The van der Waals surface area contributed by atoms with Gasteiger partial charge in [0.2, 0.25) is 0 Å². The van der Waals surface area contributed by atoms with Gasteiger partial charge in [0, 0.05) is 32.4 Å². The molecule has 0 saturated carbocycles. The SMILES string of the molecule is CCCn1nnnc1CN1CCOC(CNc2cccnn2)C1. The summed E-state index contributed by atoms with van der Waals surface area (Å²) in [5.41, 5.74) is 0. The zero-order chi connectivity index (χ0) is 15.9. The second-order valence-corrected chi connectivity index (χ2v) is 5.54. The van der Waals surface area contributed by atoms with Gasteiger partial charge in [-0.05, 0) is 29.0 Å². The molecule has 23 heavy (non-hydrogen) atoms. The first-order chi connectivity index (χ1) is 11.3. The fourth-order valence-corrected chi connectivity index (χ4v) is 2.58. The van der Waals surface area contributed by atoms with Gasteiger partial charge in [0.25, 0.3) is 0 Å². The number of nitrogens with zero attached hydrogens (tertiary/aromatic N) is 7. The van der Waals surface area contributed by atoms with Crippen LogP contribution in [0.25, 0.3) is 0 Å². The summed E-state index contributed by atoms with van der Waals surface area (Å²) >= 11 is 0. The number of hydrogen-bond donors (Lipinski definition) is 1. The first kappa shape index (κ1) is 15.8. The zero-order valence-electron chi connectivity index (χ0n) is 13.3. The van der Waals surface area contributed by atoms with Crippen molar-refractivity contribution in [2.45, 2.75) is 32.5 Å². The highest BCUT2D eigenvalue weighted by atomic mass is 16.5. The van der Waals surface area contributed by atoms with Crippen LogP contribution in [-0.2, 0) is 17.8 Å². The van der Waals surface area contributed by atoms with Crippen molar-refractivity contribution in [3.05, 3.63) is 24.2 Å². The van der Waals surface area contributed by atoms with Gasteiger partial charge in [-0.2, -0.15) is 5.10 Å². The fraction of sp³-hybridized carbons (Fsp3) is 0.643. The standard InChI is InChI=1S/C14H22N8O/c1-2-6-22-14(18-19-20-22)11-21-7-8-23-12(10-21)9-15-13-4-3-5-16-17-13/h3-5,12H,2,6-11H2,1H3,(H,15,17). The second kappa shape index (κ2) is 7.93. The summed E-state index contributed by atoms with van der Waals surface area (Å²) < 4.78 is 7.69. The lowest BCUT2D eigenvalue weighted by atomic mass is 10.2. The molecule has 0 aromatic carbocycles. The summed E-state index contributed by atoms with van der Waals surface area (Å²) in [6.45, 7) is 6.86. The minimum Gasteiger partial charge on any atom is -0.374 e. The maximum Gasteiger partial charge on any atom is 0.165 e. The molecule has 1 saturated heterocycles. The maximum atomic E-state index is 5.82. The number of aromatic nitrogens is 6. The molecule has 1 fully saturated rings. The van der Waals surface area contributed by atoms with E-state index in [9.17, 15) is 0 Å². The van der Waals surface area contributed by atoms with Gasteiger partial charge in [0.15, 0.2) is 5.82 Å². The third-order valence-electron chi connectivity index (χ3n) is 3.71. The van der Waals surface area contributed by atoms with E-state index in [1.54, 1.807) is 6.20 Å². The van der Waals surface area contributed by atoms with E-state index in [0.717, 1.165) is 44.2 Å². The minimum absolute atomic E-state index is 0.112. The molecular weight excluding hydrogens is 296 g/mol. The molecule has 0 radical (unpaired) electrons. The Balaban J connectivity index is 1.50. The number of aryl methyl sites for hydroxylation is 1. The van der Waals surface area contributed by atoms with Gasteiger partial charge in [-0.15, -0.1) is 10.2 Å². The molecule has 0 spiro atoms. The molecule has 0 aliphatic carbocycles. The molecule has 0 bridgehead atoms. The molecule has 0 amide bonds. The molecule has 9 nitrogen and oxygen atoms in total. The van der Waals surface area contributed by atoms with Crippen LogP contribution in [0.1, 0.15) is 19.2 Å². The number of ether oxygens (including phenoxy) is 1. The Morgan fingerprint density at radius 3 is 3.17 bits per heavy atom. The summed E-state index contributed by atoms with van der Waals surface area (Å²) in [5.74, 6) is 1.68. The highest BCUT2D eigenvalue weighted by Gasteiger charge is 2.22. The minimum atomic E-state index is 0.112. The van der Waals surface area contributed by atoms with Crippen molar-refractivity contribution in [3.8, 4) is 0 Å². The topological polar surface area (TPSA) is 93.9 Å². The van der Waals surface area contributed by atoms with Crippen LogP contribution < -0.4 is 5.32 Å². The number of anilines is 1. The molecule has 1 unspecified atom stereocenters. The van der Waals surface area contributed by atoms with Crippen LogP contribution in [0.5, 0.6) is 0 Å². The third kappa shape index (κ3) is 4.42. The Hall–Kier alpha value is -2.13. The molecule has 124 valence electrons. The van der Waals surface area contributed by atoms with Crippen LogP contribution in [0.2, 0.25) is 0 Å². The van der Waals surface area contributed by atoms with E-state index in [1.165, 1.54) is 0 Å². The van der Waals surface area contributed by atoms with Crippen LogP contribution in [0, 0.1) is 0 Å². The molecule has 1 aliphatic heterocycles. The Morgan fingerprint density at radius 2 is 2.35 bits per heavy atom. The predicted octanol–water partition coefficient (Wildman–Crippen LogP) is 0.186. The van der Waals surface area contributed by atoms with Crippen LogP contribution in [0.3, 0.4) is 0 Å². The molecule has 1 N–H and O–H groups in total. The van der Waals surface area contributed by atoms with E-state index in [0.29, 0.717) is 13.2 Å². The Bertz CT molecular complexity index is 589. The fourth-order valence-electron chi connectivity index (χ4n) is 2.58. The van der Waals surface area contributed by atoms with Crippen LogP contribution in [-0.4, -0.2) is 67.6 Å². The molecule has 9 heteroatoms. The Labute approximate surface area is 135 Å². The average Bonchev–Trinajstić information content (AvgIpc) is 3.02. The zero-order valence-corrected chi connectivity index (χ0v) is 13.3. The average molecular weight is 318 g/mol. The van der Waals surface area contributed by atoms with Gasteiger partial charge in [-0.25, -0.2) is 4.68 Å². The summed E-state index contributed by atoms with van der Waals surface area (Å²) in [7, 11) is 0. The Morgan fingerprint density at radius 1 is 1.39 bits per heavy atom. The number of rotatable bonds is 7. The molecule has 2 aromatic rings. The first-order valence-corrected chi connectivity index (χ1v) is 7.95. The number of nitrogens with one attached hydrogen (secondary N) is 1.